The van der Waals surface area contributed by atoms with E-state index in [2.05, 4.69) is 20.8 Å². The first kappa shape index (κ1) is 12.4. The molecule has 2 aromatic heterocycles. The minimum Gasteiger partial charge on any atom is -0.347 e. The molecule has 20 heavy (non-hydrogen) atoms. The first-order valence-electron chi connectivity index (χ1n) is 6.73. The third-order valence-corrected chi connectivity index (χ3v) is 5.96. The largest absolute Gasteiger partial charge is 0.347 e. The molecule has 7 heteroatoms. The molecule has 2 bridgehead atoms. The van der Waals surface area contributed by atoms with Crippen LogP contribution in [0.15, 0.2) is 17.6 Å². The standard InChI is InChI=1S/C13H14N4OS2/c18-12(16-9-5-7-1-2-8(9)15-7)10-3-4-11(20-10)13-17-14-6-19-13/h3-4,6-9,15H,1-2,5H2,(H,16,18). The number of carbonyl (C=O) groups excluding carboxylic acids is 1. The molecule has 0 radical (unpaired) electrons. The van der Waals surface area contributed by atoms with Gasteiger partial charge in [-0.1, -0.05) is 11.3 Å². The van der Waals surface area contributed by atoms with Crippen molar-refractivity contribution < 1.29 is 4.79 Å². The van der Waals surface area contributed by atoms with E-state index in [1.54, 1.807) is 5.51 Å². The van der Waals surface area contributed by atoms with Crippen LogP contribution < -0.4 is 10.6 Å². The second kappa shape index (κ2) is 4.91. The molecule has 104 valence electrons. The molecule has 2 fully saturated rings. The van der Waals surface area contributed by atoms with Crippen LogP contribution in [-0.4, -0.2) is 34.2 Å². The fourth-order valence-electron chi connectivity index (χ4n) is 3.08. The predicted molar refractivity (Wildman–Crippen MR) is 79.0 cm³/mol. The van der Waals surface area contributed by atoms with E-state index in [-0.39, 0.29) is 11.9 Å². The summed E-state index contributed by atoms with van der Waals surface area (Å²) in [6, 6.07) is 5.17. The Morgan fingerprint density at radius 3 is 3.05 bits per heavy atom. The Morgan fingerprint density at radius 2 is 2.35 bits per heavy atom. The Labute approximate surface area is 124 Å². The second-order valence-corrected chi connectivity index (χ2v) is 7.19. The van der Waals surface area contributed by atoms with E-state index in [9.17, 15) is 4.79 Å². The van der Waals surface area contributed by atoms with Crippen LogP contribution in [-0.2, 0) is 0 Å². The molecule has 0 spiro atoms. The van der Waals surface area contributed by atoms with Gasteiger partial charge in [-0.25, -0.2) is 0 Å². The molecule has 2 aromatic rings. The number of rotatable bonds is 3. The van der Waals surface area contributed by atoms with Gasteiger partial charge in [0.25, 0.3) is 5.91 Å². The molecular weight excluding hydrogens is 292 g/mol. The monoisotopic (exact) mass is 306 g/mol. The van der Waals surface area contributed by atoms with Crippen molar-refractivity contribution >= 4 is 28.6 Å². The summed E-state index contributed by atoms with van der Waals surface area (Å²) in [5.74, 6) is 0.0325. The van der Waals surface area contributed by atoms with Gasteiger partial charge in [-0.2, -0.15) is 0 Å². The van der Waals surface area contributed by atoms with E-state index in [1.807, 2.05) is 12.1 Å². The van der Waals surface area contributed by atoms with Crippen LogP contribution in [0.2, 0.25) is 0 Å². The van der Waals surface area contributed by atoms with E-state index in [1.165, 1.54) is 35.5 Å². The Hall–Kier alpha value is -1.31. The number of hydrogen-bond donors (Lipinski definition) is 2. The number of amides is 1. The van der Waals surface area contributed by atoms with Crippen molar-refractivity contribution in [3.8, 4) is 9.88 Å². The molecule has 4 heterocycles. The molecule has 2 aliphatic rings. The fraction of sp³-hybridized carbons (Fsp3) is 0.462. The highest BCUT2D eigenvalue weighted by molar-refractivity contribution is 7.22. The van der Waals surface area contributed by atoms with Crippen molar-refractivity contribution in [1.29, 1.82) is 0 Å². The van der Waals surface area contributed by atoms with Gasteiger partial charge in [0, 0.05) is 18.1 Å². The fourth-order valence-corrected chi connectivity index (χ4v) is 4.61. The van der Waals surface area contributed by atoms with Crippen LogP contribution in [0.1, 0.15) is 28.9 Å². The SMILES string of the molecule is O=C(NC1CC2CCC1N2)c1ccc(-c2nncs2)s1. The summed E-state index contributed by atoms with van der Waals surface area (Å²) in [5, 5.41) is 15.4. The van der Waals surface area contributed by atoms with Crippen LogP contribution in [0.25, 0.3) is 9.88 Å². The molecule has 2 aliphatic heterocycles. The first-order valence-corrected chi connectivity index (χ1v) is 8.42. The Bertz CT molecular complexity index is 624. The lowest BCUT2D eigenvalue weighted by atomic mass is 9.95. The zero-order valence-electron chi connectivity index (χ0n) is 10.7. The number of aromatic nitrogens is 2. The number of nitrogens with zero attached hydrogens (tertiary/aromatic N) is 2. The lowest BCUT2D eigenvalue weighted by molar-refractivity contribution is 0.0935. The van der Waals surface area contributed by atoms with E-state index in [4.69, 9.17) is 0 Å². The predicted octanol–water partition coefficient (Wildman–Crippen LogP) is 1.89. The summed E-state index contributed by atoms with van der Waals surface area (Å²) < 4.78 is 0. The lowest BCUT2D eigenvalue weighted by Gasteiger charge is -2.20. The van der Waals surface area contributed by atoms with Crippen molar-refractivity contribution in [2.45, 2.75) is 37.4 Å². The molecule has 1 amide bonds. The number of carbonyl (C=O) groups is 1. The van der Waals surface area contributed by atoms with E-state index in [0.29, 0.717) is 12.1 Å². The van der Waals surface area contributed by atoms with E-state index >= 15 is 0 Å². The number of thiophene rings is 1. The Balaban J connectivity index is 1.46. The number of nitrogens with one attached hydrogen (secondary N) is 2. The summed E-state index contributed by atoms with van der Waals surface area (Å²) in [7, 11) is 0. The van der Waals surface area contributed by atoms with Crippen LogP contribution in [0.3, 0.4) is 0 Å². The van der Waals surface area contributed by atoms with Crippen molar-refractivity contribution in [3.05, 3.63) is 22.5 Å². The summed E-state index contributed by atoms with van der Waals surface area (Å²) >= 11 is 2.97. The van der Waals surface area contributed by atoms with Gasteiger partial charge in [0.1, 0.15) is 5.51 Å². The highest BCUT2D eigenvalue weighted by Gasteiger charge is 2.39. The topological polar surface area (TPSA) is 66.9 Å². The summed E-state index contributed by atoms with van der Waals surface area (Å²) in [4.78, 5) is 14.1. The van der Waals surface area contributed by atoms with Crippen molar-refractivity contribution in [1.82, 2.24) is 20.8 Å². The van der Waals surface area contributed by atoms with Crippen molar-refractivity contribution in [2.75, 3.05) is 0 Å². The molecule has 2 N–H and O–H groups in total. The van der Waals surface area contributed by atoms with E-state index in [0.717, 1.165) is 21.2 Å². The molecule has 3 atom stereocenters. The Morgan fingerprint density at radius 1 is 1.40 bits per heavy atom. The highest BCUT2D eigenvalue weighted by atomic mass is 32.1. The van der Waals surface area contributed by atoms with Gasteiger partial charge in [-0.05, 0) is 31.4 Å². The summed E-state index contributed by atoms with van der Waals surface area (Å²) in [6.07, 6.45) is 3.48. The van der Waals surface area contributed by atoms with Gasteiger partial charge < -0.3 is 10.6 Å². The third-order valence-electron chi connectivity index (χ3n) is 4.02. The molecule has 0 saturated carbocycles. The normalized spacial score (nSPS) is 27.9. The van der Waals surface area contributed by atoms with Crippen LogP contribution in [0.4, 0.5) is 0 Å². The molecular formula is C13H14N4OS2. The summed E-state index contributed by atoms with van der Waals surface area (Å²) in [6.45, 7) is 0. The van der Waals surface area contributed by atoms with Gasteiger partial charge in [0.15, 0.2) is 5.01 Å². The first-order chi connectivity index (χ1) is 9.79. The summed E-state index contributed by atoms with van der Waals surface area (Å²) in [5.41, 5.74) is 1.70. The molecule has 4 rings (SSSR count). The second-order valence-electron chi connectivity index (χ2n) is 5.27. The van der Waals surface area contributed by atoms with Crippen molar-refractivity contribution in [3.63, 3.8) is 0 Å². The lowest BCUT2D eigenvalue weighted by Crippen LogP contribution is -2.42. The maximum atomic E-state index is 12.3. The molecule has 0 aliphatic carbocycles. The number of fused-ring (bicyclic) bond motifs is 2. The minimum atomic E-state index is 0.0325. The smallest absolute Gasteiger partial charge is 0.261 e. The van der Waals surface area contributed by atoms with Crippen LogP contribution >= 0.6 is 22.7 Å². The highest BCUT2D eigenvalue weighted by Crippen LogP contribution is 2.31. The molecule has 5 nitrogen and oxygen atoms in total. The minimum absolute atomic E-state index is 0.0325. The van der Waals surface area contributed by atoms with Crippen molar-refractivity contribution in [2.24, 2.45) is 0 Å². The molecule has 2 saturated heterocycles. The average Bonchev–Trinajstić information content (AvgIpc) is 3.21. The maximum Gasteiger partial charge on any atom is 0.261 e. The zero-order chi connectivity index (χ0) is 13.5. The Kier molecular flexibility index (Phi) is 3.05. The quantitative estimate of drug-likeness (QED) is 0.909. The van der Waals surface area contributed by atoms with Gasteiger partial charge in [0.05, 0.1) is 9.75 Å². The number of hydrogen-bond acceptors (Lipinski definition) is 6. The zero-order valence-corrected chi connectivity index (χ0v) is 12.3. The van der Waals surface area contributed by atoms with Crippen LogP contribution in [0, 0.1) is 0 Å². The van der Waals surface area contributed by atoms with Gasteiger partial charge >= 0.3 is 0 Å². The third kappa shape index (κ3) is 2.15. The molecule has 3 unspecified atom stereocenters. The van der Waals surface area contributed by atoms with Gasteiger partial charge in [-0.3, -0.25) is 4.79 Å². The molecule has 0 aromatic carbocycles. The van der Waals surface area contributed by atoms with Gasteiger partial charge in [-0.15, -0.1) is 21.5 Å². The van der Waals surface area contributed by atoms with Crippen LogP contribution in [0.5, 0.6) is 0 Å². The maximum absolute atomic E-state index is 12.3. The van der Waals surface area contributed by atoms with E-state index < -0.39 is 0 Å². The average molecular weight is 306 g/mol. The van der Waals surface area contributed by atoms with Gasteiger partial charge in [0.2, 0.25) is 0 Å².